The van der Waals surface area contributed by atoms with Crippen LogP contribution in [0.5, 0.6) is 17.2 Å². The second-order valence-corrected chi connectivity index (χ2v) is 9.21. The zero-order valence-corrected chi connectivity index (χ0v) is 22.0. The fourth-order valence-electron chi connectivity index (χ4n) is 4.39. The number of methoxy groups -OCH3 is 2. The van der Waals surface area contributed by atoms with E-state index in [1.807, 2.05) is 61.5 Å². The van der Waals surface area contributed by atoms with Crippen LogP contribution in [-0.2, 0) is 16.2 Å². The first-order valence-electron chi connectivity index (χ1n) is 12.3. The fraction of sp³-hybridized carbons (Fsp3) is 0.267. The molecule has 0 aliphatic carbocycles. The van der Waals surface area contributed by atoms with Gasteiger partial charge in [-0.3, -0.25) is 9.59 Å². The molecule has 0 bridgehead atoms. The number of carbonyl (C=O) groups is 2. The molecule has 1 fully saturated rings. The van der Waals surface area contributed by atoms with Gasteiger partial charge < -0.3 is 29.1 Å². The van der Waals surface area contributed by atoms with Gasteiger partial charge in [0.2, 0.25) is 0 Å². The predicted octanol–water partition coefficient (Wildman–Crippen LogP) is 4.27. The Hall–Kier alpha value is -4.30. The Balaban J connectivity index is 1.72. The summed E-state index contributed by atoms with van der Waals surface area (Å²) in [5, 5.41) is 11.4. The Labute approximate surface area is 222 Å². The van der Waals surface area contributed by atoms with Crippen LogP contribution < -0.4 is 14.2 Å². The molecule has 0 aromatic heterocycles. The summed E-state index contributed by atoms with van der Waals surface area (Å²) in [5.41, 5.74) is 2.04. The summed E-state index contributed by atoms with van der Waals surface area (Å²) in [5.74, 6) is -0.190. The lowest BCUT2D eigenvalue weighted by Gasteiger charge is -2.26. The second-order valence-electron chi connectivity index (χ2n) is 9.21. The van der Waals surface area contributed by atoms with Gasteiger partial charge in [-0.1, -0.05) is 42.5 Å². The van der Waals surface area contributed by atoms with Crippen LogP contribution >= 0.6 is 0 Å². The quantitative estimate of drug-likeness (QED) is 0.245. The molecule has 1 N–H and O–H groups in total. The molecule has 8 heteroatoms. The highest BCUT2D eigenvalue weighted by Crippen LogP contribution is 2.41. The Morgan fingerprint density at radius 2 is 1.61 bits per heavy atom. The van der Waals surface area contributed by atoms with E-state index in [0.29, 0.717) is 48.1 Å². The zero-order chi connectivity index (χ0) is 27.2. The van der Waals surface area contributed by atoms with Crippen molar-refractivity contribution in [2.75, 3.05) is 41.4 Å². The van der Waals surface area contributed by atoms with Gasteiger partial charge in [0, 0.05) is 19.2 Å². The number of ether oxygens (including phenoxy) is 3. The van der Waals surface area contributed by atoms with Crippen molar-refractivity contribution >= 4 is 17.4 Å². The third-order valence-electron chi connectivity index (χ3n) is 6.44. The fourth-order valence-corrected chi connectivity index (χ4v) is 4.39. The van der Waals surface area contributed by atoms with Crippen molar-refractivity contribution in [3.05, 3.63) is 95.1 Å². The summed E-state index contributed by atoms with van der Waals surface area (Å²) in [6.07, 6.45) is 0. The second kappa shape index (κ2) is 11.8. The number of rotatable bonds is 10. The van der Waals surface area contributed by atoms with Crippen molar-refractivity contribution in [2.45, 2.75) is 12.6 Å². The highest BCUT2D eigenvalue weighted by atomic mass is 16.5. The highest BCUT2D eigenvalue weighted by molar-refractivity contribution is 6.46. The van der Waals surface area contributed by atoms with Gasteiger partial charge in [0.05, 0.1) is 31.4 Å². The van der Waals surface area contributed by atoms with Crippen molar-refractivity contribution < 1.29 is 28.9 Å². The number of amides is 1. The Morgan fingerprint density at radius 3 is 2.24 bits per heavy atom. The molecule has 0 saturated carbocycles. The lowest BCUT2D eigenvalue weighted by Crippen LogP contribution is -2.35. The summed E-state index contributed by atoms with van der Waals surface area (Å²) in [6.45, 7) is 1.28. The summed E-state index contributed by atoms with van der Waals surface area (Å²) in [6, 6.07) is 21.2. The molecule has 4 rings (SSSR count). The molecule has 0 spiro atoms. The van der Waals surface area contributed by atoms with Crippen LogP contribution in [0.2, 0.25) is 0 Å². The first-order chi connectivity index (χ1) is 18.3. The standard InChI is InChI=1S/C30H32N2O6/c1-31(2)16-17-32-27(21-10-12-22(13-11-21)38-19-20-8-6-5-7-9-20)26(29(34)30(32)35)28(33)24-15-14-23(36-3)18-25(24)37-4/h5-15,18,27,33H,16-17,19H2,1-4H3/b28-26-. The number of likely N-dealkylation sites (tertiary alicyclic amines) is 1. The summed E-state index contributed by atoms with van der Waals surface area (Å²) in [4.78, 5) is 29.9. The van der Waals surface area contributed by atoms with Crippen LogP contribution in [0.25, 0.3) is 5.76 Å². The van der Waals surface area contributed by atoms with Crippen LogP contribution in [0.3, 0.4) is 0 Å². The summed E-state index contributed by atoms with van der Waals surface area (Å²) >= 11 is 0. The molecule has 3 aromatic rings. The number of hydrogen-bond donors (Lipinski definition) is 1. The molecule has 38 heavy (non-hydrogen) atoms. The molecule has 3 aromatic carbocycles. The molecule has 1 aliphatic rings. The van der Waals surface area contributed by atoms with Crippen molar-refractivity contribution in [3.63, 3.8) is 0 Å². The Morgan fingerprint density at radius 1 is 0.921 bits per heavy atom. The van der Waals surface area contributed by atoms with Crippen LogP contribution in [0.1, 0.15) is 22.7 Å². The Kier molecular flexibility index (Phi) is 8.33. The maximum Gasteiger partial charge on any atom is 0.295 e. The third-order valence-corrected chi connectivity index (χ3v) is 6.44. The molecule has 8 nitrogen and oxygen atoms in total. The number of carbonyl (C=O) groups excluding carboxylic acids is 2. The molecule has 1 unspecified atom stereocenters. The first kappa shape index (κ1) is 26.8. The molecule has 1 aliphatic heterocycles. The molecule has 0 radical (unpaired) electrons. The lowest BCUT2D eigenvalue weighted by molar-refractivity contribution is -0.140. The van der Waals surface area contributed by atoms with E-state index in [1.54, 1.807) is 30.3 Å². The van der Waals surface area contributed by atoms with Gasteiger partial charge in [0.25, 0.3) is 11.7 Å². The maximum atomic E-state index is 13.3. The van der Waals surface area contributed by atoms with E-state index in [-0.39, 0.29) is 11.3 Å². The minimum absolute atomic E-state index is 0.00942. The normalized spacial score (nSPS) is 16.7. The van der Waals surface area contributed by atoms with E-state index in [0.717, 1.165) is 5.56 Å². The summed E-state index contributed by atoms with van der Waals surface area (Å²) < 4.78 is 16.6. The van der Waals surface area contributed by atoms with E-state index >= 15 is 0 Å². The number of nitrogens with zero attached hydrogens (tertiary/aromatic N) is 2. The van der Waals surface area contributed by atoms with Gasteiger partial charge in [0.15, 0.2) is 0 Å². The number of benzene rings is 3. The molecular formula is C30H32N2O6. The monoisotopic (exact) mass is 516 g/mol. The minimum atomic E-state index is -0.773. The molecule has 1 heterocycles. The summed E-state index contributed by atoms with van der Waals surface area (Å²) in [7, 11) is 6.78. The average molecular weight is 517 g/mol. The highest BCUT2D eigenvalue weighted by Gasteiger charge is 2.46. The lowest BCUT2D eigenvalue weighted by atomic mass is 9.95. The van der Waals surface area contributed by atoms with Crippen molar-refractivity contribution in [3.8, 4) is 17.2 Å². The van der Waals surface area contributed by atoms with Gasteiger partial charge >= 0.3 is 0 Å². The third kappa shape index (κ3) is 5.65. The molecule has 1 amide bonds. The number of aliphatic hydroxyl groups excluding tert-OH is 1. The predicted molar refractivity (Wildman–Crippen MR) is 144 cm³/mol. The topological polar surface area (TPSA) is 88.5 Å². The molecule has 198 valence electrons. The Bertz CT molecular complexity index is 1320. The SMILES string of the molecule is COc1ccc(/C(O)=C2/C(=O)C(=O)N(CCN(C)C)C2c2ccc(OCc3ccccc3)cc2)c(OC)c1. The van der Waals surface area contributed by atoms with Crippen LogP contribution in [0, 0.1) is 0 Å². The van der Waals surface area contributed by atoms with E-state index in [2.05, 4.69) is 0 Å². The zero-order valence-electron chi connectivity index (χ0n) is 22.0. The number of aliphatic hydroxyl groups is 1. The maximum absolute atomic E-state index is 13.3. The van der Waals surface area contributed by atoms with Crippen LogP contribution in [0.15, 0.2) is 78.4 Å². The minimum Gasteiger partial charge on any atom is -0.507 e. The van der Waals surface area contributed by atoms with Gasteiger partial charge in [-0.15, -0.1) is 0 Å². The van der Waals surface area contributed by atoms with Crippen LogP contribution in [-0.4, -0.2) is 68.0 Å². The van der Waals surface area contributed by atoms with Gasteiger partial charge in [0.1, 0.15) is 29.6 Å². The number of Topliss-reactive ketones (excluding diaryl/α,β-unsaturated/α-hetero) is 1. The van der Waals surface area contributed by atoms with Crippen molar-refractivity contribution in [2.24, 2.45) is 0 Å². The van der Waals surface area contributed by atoms with E-state index < -0.39 is 17.7 Å². The van der Waals surface area contributed by atoms with Crippen molar-refractivity contribution in [1.82, 2.24) is 9.80 Å². The largest absolute Gasteiger partial charge is 0.507 e. The van der Waals surface area contributed by atoms with E-state index in [4.69, 9.17) is 14.2 Å². The molecule has 1 atom stereocenters. The van der Waals surface area contributed by atoms with Gasteiger partial charge in [-0.05, 0) is 49.5 Å². The smallest absolute Gasteiger partial charge is 0.295 e. The average Bonchev–Trinajstić information content (AvgIpc) is 3.20. The molecule has 1 saturated heterocycles. The number of hydrogen-bond acceptors (Lipinski definition) is 7. The van der Waals surface area contributed by atoms with Crippen LogP contribution in [0.4, 0.5) is 0 Å². The number of ketones is 1. The first-order valence-corrected chi connectivity index (χ1v) is 12.3. The van der Waals surface area contributed by atoms with E-state index in [9.17, 15) is 14.7 Å². The number of likely N-dealkylation sites (N-methyl/N-ethyl adjacent to an activating group) is 1. The van der Waals surface area contributed by atoms with E-state index in [1.165, 1.54) is 19.1 Å². The van der Waals surface area contributed by atoms with Gasteiger partial charge in [-0.2, -0.15) is 0 Å². The van der Waals surface area contributed by atoms with Gasteiger partial charge in [-0.25, -0.2) is 0 Å². The molecular weight excluding hydrogens is 484 g/mol. The van der Waals surface area contributed by atoms with Crippen molar-refractivity contribution in [1.29, 1.82) is 0 Å².